The first kappa shape index (κ1) is 7.71. The molecule has 0 saturated heterocycles. The van der Waals surface area contributed by atoms with Crippen molar-refractivity contribution in [1.82, 2.24) is 5.32 Å². The van der Waals surface area contributed by atoms with E-state index in [1.54, 1.807) is 0 Å². The molecule has 0 aliphatic heterocycles. The molecule has 0 fully saturated rings. The SMILES string of the molecule is CNC(=O)OS(=O)Cl. The Bertz CT molecular complexity index is 116. The fourth-order valence-electron chi connectivity index (χ4n) is 0.101. The summed E-state index contributed by atoms with van der Waals surface area (Å²) in [6.07, 6.45) is -0.807. The van der Waals surface area contributed by atoms with Gasteiger partial charge in [0.25, 0.3) is 0 Å². The van der Waals surface area contributed by atoms with Crippen LogP contribution >= 0.6 is 10.7 Å². The van der Waals surface area contributed by atoms with Crippen LogP contribution in [-0.4, -0.2) is 17.3 Å². The zero-order valence-electron chi connectivity index (χ0n) is 4.01. The van der Waals surface area contributed by atoms with E-state index in [1.165, 1.54) is 7.05 Å². The number of halogens is 1. The summed E-state index contributed by atoms with van der Waals surface area (Å²) in [7, 11) is 4.04. The summed E-state index contributed by atoms with van der Waals surface area (Å²) in [5, 5.41) is 2.06. The van der Waals surface area contributed by atoms with E-state index >= 15 is 0 Å². The van der Waals surface area contributed by atoms with Gasteiger partial charge in [-0.05, 0) is 0 Å². The smallest absolute Gasteiger partial charge is 0.335 e. The minimum Gasteiger partial charge on any atom is -0.335 e. The van der Waals surface area contributed by atoms with E-state index in [4.69, 9.17) is 10.7 Å². The zero-order chi connectivity index (χ0) is 6.57. The largest absolute Gasteiger partial charge is 0.421 e. The van der Waals surface area contributed by atoms with Gasteiger partial charge in [-0.25, -0.2) is 4.79 Å². The van der Waals surface area contributed by atoms with Crippen LogP contribution in [0.25, 0.3) is 0 Å². The topological polar surface area (TPSA) is 55.4 Å². The lowest BCUT2D eigenvalue weighted by Gasteiger charge is -1.92. The first-order valence-electron chi connectivity index (χ1n) is 1.65. The number of hydrogen-bond acceptors (Lipinski definition) is 3. The molecule has 0 aliphatic carbocycles. The molecule has 6 heteroatoms. The molecule has 1 amide bonds. The quantitative estimate of drug-likeness (QED) is 0.552. The second-order valence-electron chi connectivity index (χ2n) is 0.815. The molecule has 1 atom stereocenters. The number of rotatable bonds is 1. The van der Waals surface area contributed by atoms with Gasteiger partial charge in [0.15, 0.2) is 0 Å². The molecule has 0 heterocycles. The van der Waals surface area contributed by atoms with Gasteiger partial charge in [-0.1, -0.05) is 0 Å². The second-order valence-corrected chi connectivity index (χ2v) is 2.13. The summed E-state index contributed by atoms with van der Waals surface area (Å²) in [5.74, 6) is 0. The van der Waals surface area contributed by atoms with Gasteiger partial charge in [0.05, 0.1) is 0 Å². The van der Waals surface area contributed by atoms with Gasteiger partial charge in [-0.2, -0.15) is 4.21 Å². The normalized spacial score (nSPS) is 12.2. The summed E-state index contributed by atoms with van der Waals surface area (Å²) < 4.78 is 13.7. The molecule has 0 aromatic heterocycles. The standard InChI is InChI=1S/C2H4ClNO3S/c1-4-2(5)7-8(3)6/h1H3,(H,4,5). The maximum absolute atomic E-state index is 10.0. The van der Waals surface area contributed by atoms with E-state index in [0.29, 0.717) is 0 Å². The van der Waals surface area contributed by atoms with E-state index in [0.717, 1.165) is 0 Å². The average molecular weight is 158 g/mol. The van der Waals surface area contributed by atoms with Crippen molar-refractivity contribution in [2.45, 2.75) is 0 Å². The number of hydrogen-bond donors (Lipinski definition) is 1. The van der Waals surface area contributed by atoms with E-state index in [9.17, 15) is 9.00 Å². The molecule has 0 radical (unpaired) electrons. The van der Waals surface area contributed by atoms with Crippen LogP contribution in [0.3, 0.4) is 0 Å². The van der Waals surface area contributed by atoms with Crippen molar-refractivity contribution in [3.05, 3.63) is 0 Å². The molecule has 1 N–H and O–H groups in total. The Morgan fingerprint density at radius 1 is 1.88 bits per heavy atom. The van der Waals surface area contributed by atoms with Crippen molar-refractivity contribution in [3.8, 4) is 0 Å². The van der Waals surface area contributed by atoms with Crippen molar-refractivity contribution in [2.75, 3.05) is 7.05 Å². The van der Waals surface area contributed by atoms with E-state index in [-0.39, 0.29) is 0 Å². The Morgan fingerprint density at radius 3 is 2.50 bits per heavy atom. The fourth-order valence-corrected chi connectivity index (χ4v) is 0.475. The van der Waals surface area contributed by atoms with Crippen LogP contribution < -0.4 is 5.32 Å². The molecule has 8 heavy (non-hydrogen) atoms. The number of carbonyl (C=O) groups excluding carboxylic acids is 1. The van der Waals surface area contributed by atoms with Crippen LogP contribution in [0.1, 0.15) is 0 Å². The van der Waals surface area contributed by atoms with Crippen molar-refractivity contribution in [3.63, 3.8) is 0 Å². The fraction of sp³-hybridized carbons (Fsp3) is 0.500. The highest BCUT2D eigenvalue weighted by Gasteiger charge is 2.00. The lowest BCUT2D eigenvalue weighted by molar-refractivity contribution is 0.209. The summed E-state index contributed by atoms with van der Waals surface area (Å²) >= 11 is 0. The summed E-state index contributed by atoms with van der Waals surface area (Å²) in [5.41, 5.74) is 0. The third kappa shape index (κ3) is 3.89. The second kappa shape index (κ2) is 3.68. The van der Waals surface area contributed by atoms with Crippen molar-refractivity contribution in [1.29, 1.82) is 0 Å². The highest BCUT2D eigenvalue weighted by atomic mass is 35.7. The van der Waals surface area contributed by atoms with Crippen molar-refractivity contribution >= 4 is 27.1 Å². The van der Waals surface area contributed by atoms with Crippen LogP contribution in [0, 0.1) is 0 Å². The monoisotopic (exact) mass is 157 g/mol. The third-order valence-corrected chi connectivity index (χ3v) is 0.817. The zero-order valence-corrected chi connectivity index (χ0v) is 5.58. The minimum atomic E-state index is -2.04. The van der Waals surface area contributed by atoms with Crippen LogP contribution in [0.15, 0.2) is 0 Å². The van der Waals surface area contributed by atoms with Gasteiger partial charge in [0.2, 0.25) is 0 Å². The van der Waals surface area contributed by atoms with Gasteiger partial charge in [-0.15, -0.1) is 0 Å². The highest BCUT2D eigenvalue weighted by molar-refractivity contribution is 8.04. The maximum atomic E-state index is 10.0. The van der Waals surface area contributed by atoms with Crippen LogP contribution in [-0.2, 0) is 14.5 Å². The highest BCUT2D eigenvalue weighted by Crippen LogP contribution is 1.89. The Kier molecular flexibility index (Phi) is 3.55. The predicted octanol–water partition coefficient (Wildman–Crippen LogP) is 0.160. The van der Waals surface area contributed by atoms with Gasteiger partial charge < -0.3 is 9.50 Å². The minimum absolute atomic E-state index is 0.807. The van der Waals surface area contributed by atoms with Crippen molar-refractivity contribution in [2.24, 2.45) is 0 Å². The summed E-state index contributed by atoms with van der Waals surface area (Å²) in [6.45, 7) is 0. The predicted molar refractivity (Wildman–Crippen MR) is 29.5 cm³/mol. The lowest BCUT2D eigenvalue weighted by Crippen LogP contribution is -2.18. The van der Waals surface area contributed by atoms with Crippen molar-refractivity contribution < 1.29 is 13.2 Å². The molecule has 1 unspecified atom stereocenters. The van der Waals surface area contributed by atoms with Crippen LogP contribution in [0.4, 0.5) is 4.79 Å². The molecule has 0 aromatic carbocycles. The summed E-state index contributed by atoms with van der Waals surface area (Å²) in [4.78, 5) is 10.0. The van der Waals surface area contributed by atoms with Gasteiger partial charge >= 0.3 is 16.4 Å². The summed E-state index contributed by atoms with van der Waals surface area (Å²) in [6, 6.07) is 0. The van der Waals surface area contributed by atoms with Gasteiger partial charge in [0, 0.05) is 17.7 Å². The Morgan fingerprint density at radius 2 is 2.38 bits per heavy atom. The third-order valence-electron chi connectivity index (χ3n) is 0.345. The maximum Gasteiger partial charge on any atom is 0.421 e. The lowest BCUT2D eigenvalue weighted by atomic mass is 11.1. The number of carbonyl (C=O) groups is 1. The Labute approximate surface area is 53.3 Å². The van der Waals surface area contributed by atoms with E-state index < -0.39 is 16.4 Å². The number of amides is 1. The van der Waals surface area contributed by atoms with Gasteiger partial charge in [0.1, 0.15) is 0 Å². The van der Waals surface area contributed by atoms with Crippen LogP contribution in [0.5, 0.6) is 0 Å². The average Bonchev–Trinajstić information content (AvgIpc) is 1.65. The molecule has 0 aliphatic rings. The molecule has 0 rings (SSSR count). The number of nitrogens with one attached hydrogen (secondary N) is 1. The molecule has 0 aromatic rings. The Hall–Kier alpha value is -0.290. The van der Waals surface area contributed by atoms with Crippen LogP contribution in [0.2, 0.25) is 0 Å². The molecular formula is C2H4ClNO3S. The molecule has 0 bridgehead atoms. The van der Waals surface area contributed by atoms with E-state index in [1.807, 2.05) is 0 Å². The van der Waals surface area contributed by atoms with E-state index in [2.05, 4.69) is 9.50 Å². The Balaban J connectivity index is 3.40. The first-order valence-corrected chi connectivity index (χ1v) is 3.55. The molecule has 48 valence electrons. The molecule has 0 saturated carbocycles. The molecule has 4 nitrogen and oxygen atoms in total. The van der Waals surface area contributed by atoms with Gasteiger partial charge in [-0.3, -0.25) is 0 Å². The molecule has 0 spiro atoms. The first-order chi connectivity index (χ1) is 3.66. The molecular weight excluding hydrogens is 154 g/mol.